The first-order valence-electron chi connectivity index (χ1n) is 4.74. The molecule has 80 valence electrons. The largest absolute Gasteiger partial charge is 0.462 e. The lowest BCUT2D eigenvalue weighted by Crippen LogP contribution is -2.35. The van der Waals surface area contributed by atoms with Crippen molar-refractivity contribution in [1.82, 2.24) is 4.90 Å². The second kappa shape index (κ2) is 6.39. The minimum Gasteiger partial charge on any atom is -0.462 e. The predicted molar refractivity (Wildman–Crippen MR) is 53.6 cm³/mol. The highest BCUT2D eigenvalue weighted by Crippen LogP contribution is 2.00. The molecule has 0 radical (unpaired) electrons. The Morgan fingerprint density at radius 1 is 1.50 bits per heavy atom. The molecule has 0 aliphatic rings. The number of rotatable bonds is 5. The van der Waals surface area contributed by atoms with Crippen molar-refractivity contribution in [2.45, 2.75) is 39.3 Å². The fraction of sp³-hybridized carbons (Fsp3) is 0.800. The second-order valence-electron chi connectivity index (χ2n) is 3.66. The summed E-state index contributed by atoms with van der Waals surface area (Å²) in [6.45, 7) is 5.78. The van der Waals surface area contributed by atoms with Crippen LogP contribution in [0, 0.1) is 11.3 Å². The molecule has 0 saturated carbocycles. The lowest BCUT2D eigenvalue weighted by molar-refractivity contribution is -0.148. The number of carbonyl (C=O) groups excluding carboxylic acids is 1. The zero-order chi connectivity index (χ0) is 11.1. The van der Waals surface area contributed by atoms with Crippen LogP contribution in [0.4, 0.5) is 0 Å². The number of esters is 1. The smallest absolute Gasteiger partial charge is 0.320 e. The molecular formula is C10H18N2O2. The molecule has 1 unspecified atom stereocenters. The molecule has 0 aliphatic heterocycles. The van der Waals surface area contributed by atoms with E-state index in [9.17, 15) is 4.79 Å². The van der Waals surface area contributed by atoms with Gasteiger partial charge in [-0.1, -0.05) is 0 Å². The van der Waals surface area contributed by atoms with Crippen LogP contribution < -0.4 is 0 Å². The van der Waals surface area contributed by atoms with E-state index < -0.39 is 0 Å². The Balaban J connectivity index is 3.88. The van der Waals surface area contributed by atoms with Gasteiger partial charge in [0, 0.05) is 6.04 Å². The molecule has 0 N–H and O–H groups in total. The van der Waals surface area contributed by atoms with E-state index in [2.05, 4.69) is 6.07 Å². The van der Waals surface area contributed by atoms with E-state index in [0.717, 1.165) is 0 Å². The number of hydrogen-bond acceptors (Lipinski definition) is 4. The van der Waals surface area contributed by atoms with Crippen LogP contribution in [0.25, 0.3) is 0 Å². The SMILES string of the molecule is CC(C)OC(=O)CN(C)C(C)CC#N. The number of hydrogen-bond donors (Lipinski definition) is 0. The van der Waals surface area contributed by atoms with Gasteiger partial charge in [-0.05, 0) is 27.8 Å². The normalized spacial score (nSPS) is 12.6. The average molecular weight is 198 g/mol. The number of nitrogens with zero attached hydrogens (tertiary/aromatic N) is 2. The maximum Gasteiger partial charge on any atom is 0.320 e. The first kappa shape index (κ1) is 12.9. The predicted octanol–water partition coefficient (Wildman–Crippen LogP) is 1.17. The maximum absolute atomic E-state index is 11.2. The molecule has 0 spiro atoms. The standard InChI is InChI=1S/C10H18N2O2/c1-8(2)14-10(13)7-12(4)9(3)5-6-11/h8-9H,5,7H2,1-4H3. The third-order valence-corrected chi connectivity index (χ3v) is 1.88. The van der Waals surface area contributed by atoms with Gasteiger partial charge in [-0.3, -0.25) is 9.69 Å². The van der Waals surface area contributed by atoms with Gasteiger partial charge < -0.3 is 4.74 Å². The highest BCUT2D eigenvalue weighted by atomic mass is 16.5. The molecule has 1 atom stereocenters. The van der Waals surface area contributed by atoms with Crippen molar-refractivity contribution in [2.75, 3.05) is 13.6 Å². The summed E-state index contributed by atoms with van der Waals surface area (Å²) in [7, 11) is 1.81. The first-order valence-corrected chi connectivity index (χ1v) is 4.74. The molecule has 0 amide bonds. The van der Waals surface area contributed by atoms with Gasteiger partial charge in [-0.15, -0.1) is 0 Å². The third kappa shape index (κ3) is 5.55. The first-order chi connectivity index (χ1) is 6.47. The molecule has 0 aromatic carbocycles. The summed E-state index contributed by atoms with van der Waals surface area (Å²) in [5.74, 6) is -0.243. The van der Waals surface area contributed by atoms with Crippen molar-refractivity contribution < 1.29 is 9.53 Å². The highest BCUT2D eigenvalue weighted by molar-refractivity contribution is 5.71. The zero-order valence-corrected chi connectivity index (χ0v) is 9.28. The summed E-state index contributed by atoms with van der Waals surface area (Å²) in [5.41, 5.74) is 0. The van der Waals surface area contributed by atoms with Crippen molar-refractivity contribution in [3.05, 3.63) is 0 Å². The van der Waals surface area contributed by atoms with Gasteiger partial charge in [0.25, 0.3) is 0 Å². The van der Waals surface area contributed by atoms with Crippen LogP contribution in [0.3, 0.4) is 0 Å². The third-order valence-electron chi connectivity index (χ3n) is 1.88. The lowest BCUT2D eigenvalue weighted by atomic mass is 10.2. The Kier molecular flexibility index (Phi) is 5.89. The van der Waals surface area contributed by atoms with E-state index in [4.69, 9.17) is 10.00 Å². The van der Waals surface area contributed by atoms with Crippen LogP contribution in [-0.4, -0.2) is 36.6 Å². The molecule has 0 bridgehead atoms. The Morgan fingerprint density at radius 3 is 2.50 bits per heavy atom. The molecule has 0 fully saturated rings. The fourth-order valence-electron chi connectivity index (χ4n) is 0.948. The number of ether oxygens (including phenoxy) is 1. The molecule has 0 saturated heterocycles. The number of carbonyl (C=O) groups is 1. The molecule has 0 aromatic heterocycles. The van der Waals surface area contributed by atoms with E-state index in [1.807, 2.05) is 32.7 Å². The molecule has 0 rings (SSSR count). The van der Waals surface area contributed by atoms with Gasteiger partial charge in [0.05, 0.1) is 25.1 Å². The molecule has 4 nitrogen and oxygen atoms in total. The van der Waals surface area contributed by atoms with Crippen LogP contribution in [0.1, 0.15) is 27.2 Å². The van der Waals surface area contributed by atoms with Crippen molar-refractivity contribution in [3.63, 3.8) is 0 Å². The quantitative estimate of drug-likeness (QED) is 0.622. The number of likely N-dealkylation sites (N-methyl/N-ethyl adjacent to an activating group) is 1. The molecule has 0 aromatic rings. The van der Waals surface area contributed by atoms with Crippen molar-refractivity contribution in [2.24, 2.45) is 0 Å². The Morgan fingerprint density at radius 2 is 2.07 bits per heavy atom. The monoisotopic (exact) mass is 198 g/mol. The fourth-order valence-corrected chi connectivity index (χ4v) is 0.948. The van der Waals surface area contributed by atoms with Gasteiger partial charge in [0.2, 0.25) is 0 Å². The van der Waals surface area contributed by atoms with Gasteiger partial charge in [-0.2, -0.15) is 5.26 Å². The van der Waals surface area contributed by atoms with Crippen molar-refractivity contribution >= 4 is 5.97 Å². The minimum absolute atomic E-state index is 0.0813. The molecule has 0 heterocycles. The number of nitriles is 1. The van der Waals surface area contributed by atoms with Gasteiger partial charge >= 0.3 is 5.97 Å². The summed E-state index contributed by atoms with van der Waals surface area (Å²) in [5, 5.41) is 8.47. The topological polar surface area (TPSA) is 53.3 Å². The minimum atomic E-state index is -0.243. The maximum atomic E-state index is 11.2. The zero-order valence-electron chi connectivity index (χ0n) is 9.28. The molecule has 14 heavy (non-hydrogen) atoms. The van der Waals surface area contributed by atoms with Crippen LogP contribution in [0.2, 0.25) is 0 Å². The van der Waals surface area contributed by atoms with E-state index in [-0.39, 0.29) is 24.7 Å². The summed E-state index contributed by atoms with van der Waals surface area (Å²) in [4.78, 5) is 13.0. The van der Waals surface area contributed by atoms with Gasteiger partial charge in [-0.25, -0.2) is 0 Å². The second-order valence-corrected chi connectivity index (χ2v) is 3.66. The summed E-state index contributed by atoms with van der Waals surface area (Å²) in [6.07, 6.45) is 0.341. The van der Waals surface area contributed by atoms with Crippen LogP contribution >= 0.6 is 0 Å². The Labute approximate surface area is 85.5 Å². The summed E-state index contributed by atoms with van der Waals surface area (Å²) in [6, 6.07) is 2.15. The van der Waals surface area contributed by atoms with Crippen molar-refractivity contribution in [3.8, 4) is 6.07 Å². The lowest BCUT2D eigenvalue weighted by Gasteiger charge is -2.21. The van der Waals surface area contributed by atoms with Gasteiger partial charge in [0.1, 0.15) is 0 Å². The molecule has 4 heteroatoms. The summed E-state index contributed by atoms with van der Waals surface area (Å²) < 4.78 is 4.99. The van der Waals surface area contributed by atoms with E-state index in [1.165, 1.54) is 0 Å². The average Bonchev–Trinajstić information content (AvgIpc) is 2.02. The highest BCUT2D eigenvalue weighted by Gasteiger charge is 2.14. The van der Waals surface area contributed by atoms with Crippen LogP contribution in [-0.2, 0) is 9.53 Å². The van der Waals surface area contributed by atoms with Crippen LogP contribution in [0.5, 0.6) is 0 Å². The van der Waals surface area contributed by atoms with Crippen molar-refractivity contribution in [1.29, 1.82) is 5.26 Å². The van der Waals surface area contributed by atoms with Gasteiger partial charge in [0.15, 0.2) is 0 Å². The van der Waals surface area contributed by atoms with E-state index in [0.29, 0.717) is 6.42 Å². The summed E-state index contributed by atoms with van der Waals surface area (Å²) >= 11 is 0. The molecular weight excluding hydrogens is 180 g/mol. The van der Waals surface area contributed by atoms with Crippen LogP contribution in [0.15, 0.2) is 0 Å². The Bertz CT molecular complexity index is 221. The molecule has 0 aliphatic carbocycles. The Hall–Kier alpha value is -1.08. The van der Waals surface area contributed by atoms with E-state index in [1.54, 1.807) is 0 Å². The van der Waals surface area contributed by atoms with E-state index >= 15 is 0 Å².